The van der Waals surface area contributed by atoms with Crippen molar-refractivity contribution < 1.29 is 5.11 Å². The van der Waals surface area contributed by atoms with E-state index in [1.807, 2.05) is 12.1 Å². The molecular weight excluding hydrogens is 174 g/mol. The van der Waals surface area contributed by atoms with Crippen LogP contribution in [0.1, 0.15) is 31.4 Å². The van der Waals surface area contributed by atoms with Crippen LogP contribution in [0.15, 0.2) is 18.2 Å². The van der Waals surface area contributed by atoms with Crippen LogP contribution in [-0.2, 0) is 11.8 Å². The van der Waals surface area contributed by atoms with Gasteiger partial charge in [-0.25, -0.2) is 0 Å². The van der Waals surface area contributed by atoms with Crippen molar-refractivity contribution in [2.45, 2.75) is 38.2 Å². The minimum atomic E-state index is -0.223. The summed E-state index contributed by atoms with van der Waals surface area (Å²) < 4.78 is 0. The predicted octanol–water partition coefficient (Wildman–Crippen LogP) is 1.85. The molecule has 1 aliphatic rings. The summed E-state index contributed by atoms with van der Waals surface area (Å²) in [6.45, 7) is 4.29. The molecule has 0 aliphatic heterocycles. The Kier molecular flexibility index (Phi) is 2.04. The number of nitrogen functional groups attached to an aromatic ring is 1. The summed E-state index contributed by atoms with van der Waals surface area (Å²) >= 11 is 0. The molecule has 1 aromatic carbocycles. The molecule has 76 valence electrons. The van der Waals surface area contributed by atoms with Crippen LogP contribution >= 0.6 is 0 Å². The summed E-state index contributed by atoms with van der Waals surface area (Å²) in [5, 5.41) is 9.74. The number of rotatable bonds is 0. The van der Waals surface area contributed by atoms with Crippen LogP contribution in [0.3, 0.4) is 0 Å². The highest BCUT2D eigenvalue weighted by molar-refractivity contribution is 5.56. The van der Waals surface area contributed by atoms with E-state index < -0.39 is 0 Å². The van der Waals surface area contributed by atoms with Gasteiger partial charge in [-0.05, 0) is 35.4 Å². The Hall–Kier alpha value is -1.02. The van der Waals surface area contributed by atoms with Crippen LogP contribution in [0.5, 0.6) is 0 Å². The summed E-state index contributed by atoms with van der Waals surface area (Å²) in [5.41, 5.74) is 9.27. The van der Waals surface area contributed by atoms with E-state index in [4.69, 9.17) is 5.73 Å². The highest BCUT2D eigenvalue weighted by atomic mass is 16.3. The molecule has 14 heavy (non-hydrogen) atoms. The Morgan fingerprint density at radius 3 is 2.86 bits per heavy atom. The van der Waals surface area contributed by atoms with E-state index in [0.717, 1.165) is 18.5 Å². The quantitative estimate of drug-likeness (QED) is 0.615. The van der Waals surface area contributed by atoms with Crippen molar-refractivity contribution in [2.75, 3.05) is 5.73 Å². The molecule has 1 atom stereocenters. The average Bonchev–Trinajstić information content (AvgIpc) is 2.00. The van der Waals surface area contributed by atoms with Crippen molar-refractivity contribution in [3.8, 4) is 0 Å². The van der Waals surface area contributed by atoms with Gasteiger partial charge >= 0.3 is 0 Å². The van der Waals surface area contributed by atoms with Crippen LogP contribution < -0.4 is 5.73 Å². The van der Waals surface area contributed by atoms with E-state index in [2.05, 4.69) is 19.9 Å². The van der Waals surface area contributed by atoms with Gasteiger partial charge in [0, 0.05) is 5.69 Å². The second kappa shape index (κ2) is 2.99. The molecule has 1 aromatic rings. The maximum Gasteiger partial charge on any atom is 0.0589 e. The molecule has 0 radical (unpaired) electrons. The van der Waals surface area contributed by atoms with Crippen molar-refractivity contribution in [1.29, 1.82) is 0 Å². The fraction of sp³-hybridized carbons (Fsp3) is 0.500. The van der Waals surface area contributed by atoms with Crippen LogP contribution in [0.2, 0.25) is 0 Å². The summed E-state index contributed by atoms with van der Waals surface area (Å²) in [7, 11) is 0. The van der Waals surface area contributed by atoms with E-state index >= 15 is 0 Å². The lowest BCUT2D eigenvalue weighted by molar-refractivity contribution is 0.128. The third-order valence-electron chi connectivity index (χ3n) is 3.06. The molecule has 0 amide bonds. The van der Waals surface area contributed by atoms with Crippen molar-refractivity contribution >= 4 is 5.69 Å². The van der Waals surface area contributed by atoms with Gasteiger partial charge in [-0.1, -0.05) is 26.0 Å². The third-order valence-corrected chi connectivity index (χ3v) is 3.06. The Labute approximate surface area is 84.7 Å². The van der Waals surface area contributed by atoms with Crippen LogP contribution in [0.25, 0.3) is 0 Å². The molecule has 0 spiro atoms. The topological polar surface area (TPSA) is 46.2 Å². The number of hydrogen-bond acceptors (Lipinski definition) is 2. The monoisotopic (exact) mass is 191 g/mol. The number of fused-ring (bicyclic) bond motifs is 1. The lowest BCUT2D eigenvalue weighted by Crippen LogP contribution is -2.33. The maximum atomic E-state index is 9.74. The first kappa shape index (κ1) is 9.53. The molecule has 2 rings (SSSR count). The second-order valence-electron chi connectivity index (χ2n) is 4.83. The lowest BCUT2D eigenvalue weighted by Gasteiger charge is -2.36. The van der Waals surface area contributed by atoms with E-state index in [1.54, 1.807) is 0 Å². The fourth-order valence-corrected chi connectivity index (χ4v) is 2.63. The first-order valence-corrected chi connectivity index (χ1v) is 5.06. The van der Waals surface area contributed by atoms with E-state index in [9.17, 15) is 5.11 Å². The highest BCUT2D eigenvalue weighted by Crippen LogP contribution is 2.39. The Bertz CT molecular complexity index is 357. The van der Waals surface area contributed by atoms with Crippen molar-refractivity contribution in [3.05, 3.63) is 29.3 Å². The average molecular weight is 191 g/mol. The van der Waals surface area contributed by atoms with Crippen molar-refractivity contribution in [1.82, 2.24) is 0 Å². The van der Waals surface area contributed by atoms with Crippen LogP contribution in [-0.4, -0.2) is 11.2 Å². The normalized spacial score (nSPS) is 24.4. The van der Waals surface area contributed by atoms with Gasteiger partial charge < -0.3 is 10.8 Å². The SMILES string of the molecule is CC1(C)CC(O)Cc2cccc(N)c21. The fourth-order valence-electron chi connectivity index (χ4n) is 2.63. The van der Waals surface area contributed by atoms with Gasteiger partial charge in [0.15, 0.2) is 0 Å². The molecule has 2 heteroatoms. The number of anilines is 1. The van der Waals surface area contributed by atoms with Gasteiger partial charge in [-0.15, -0.1) is 0 Å². The number of hydrogen-bond donors (Lipinski definition) is 2. The largest absolute Gasteiger partial charge is 0.398 e. The molecule has 3 N–H and O–H groups in total. The first-order chi connectivity index (χ1) is 6.50. The molecule has 0 saturated carbocycles. The summed E-state index contributed by atoms with van der Waals surface area (Å²) in [6, 6.07) is 5.97. The summed E-state index contributed by atoms with van der Waals surface area (Å²) in [4.78, 5) is 0. The number of aliphatic hydroxyl groups is 1. The standard InChI is InChI=1S/C12H17NO/c1-12(2)7-9(14)6-8-4-3-5-10(13)11(8)12/h3-5,9,14H,6-7,13H2,1-2H3. The Morgan fingerprint density at radius 2 is 2.14 bits per heavy atom. The number of nitrogens with two attached hydrogens (primary N) is 1. The third kappa shape index (κ3) is 1.40. The second-order valence-corrected chi connectivity index (χ2v) is 4.83. The minimum absolute atomic E-state index is 0.00164. The molecule has 0 bridgehead atoms. The molecule has 0 fully saturated rings. The van der Waals surface area contributed by atoms with Gasteiger partial charge in [-0.3, -0.25) is 0 Å². The molecule has 1 aliphatic carbocycles. The minimum Gasteiger partial charge on any atom is -0.398 e. The van der Waals surface area contributed by atoms with Gasteiger partial charge in [0.25, 0.3) is 0 Å². The lowest BCUT2D eigenvalue weighted by atomic mass is 9.71. The van der Waals surface area contributed by atoms with E-state index in [0.29, 0.717) is 0 Å². The van der Waals surface area contributed by atoms with Crippen LogP contribution in [0.4, 0.5) is 5.69 Å². The van der Waals surface area contributed by atoms with E-state index in [1.165, 1.54) is 11.1 Å². The van der Waals surface area contributed by atoms with Gasteiger partial charge in [0.2, 0.25) is 0 Å². The van der Waals surface area contributed by atoms with Crippen LogP contribution in [0, 0.1) is 0 Å². The molecular formula is C12H17NO. The highest BCUT2D eigenvalue weighted by Gasteiger charge is 2.33. The van der Waals surface area contributed by atoms with Crippen molar-refractivity contribution in [3.63, 3.8) is 0 Å². The molecule has 0 heterocycles. The molecule has 1 unspecified atom stereocenters. The Balaban J connectivity index is 2.58. The summed E-state index contributed by atoms with van der Waals surface area (Å²) in [6.07, 6.45) is 1.32. The molecule has 2 nitrogen and oxygen atoms in total. The summed E-state index contributed by atoms with van der Waals surface area (Å²) in [5.74, 6) is 0. The van der Waals surface area contributed by atoms with Gasteiger partial charge in [0.1, 0.15) is 0 Å². The first-order valence-electron chi connectivity index (χ1n) is 5.06. The zero-order valence-electron chi connectivity index (χ0n) is 8.75. The number of benzene rings is 1. The Morgan fingerprint density at radius 1 is 1.43 bits per heavy atom. The van der Waals surface area contributed by atoms with E-state index in [-0.39, 0.29) is 11.5 Å². The van der Waals surface area contributed by atoms with Gasteiger partial charge in [0.05, 0.1) is 6.10 Å². The smallest absolute Gasteiger partial charge is 0.0589 e. The molecule has 0 aromatic heterocycles. The number of aliphatic hydroxyl groups excluding tert-OH is 1. The predicted molar refractivity (Wildman–Crippen MR) is 58.2 cm³/mol. The van der Waals surface area contributed by atoms with Crippen molar-refractivity contribution in [2.24, 2.45) is 0 Å². The zero-order chi connectivity index (χ0) is 10.3. The maximum absolute atomic E-state index is 9.74. The van der Waals surface area contributed by atoms with Gasteiger partial charge in [-0.2, -0.15) is 0 Å². The zero-order valence-corrected chi connectivity index (χ0v) is 8.75. The molecule has 0 saturated heterocycles.